The topological polar surface area (TPSA) is 61.2 Å². The van der Waals surface area contributed by atoms with Crippen molar-refractivity contribution < 1.29 is 8.42 Å². The molecule has 0 amide bonds. The first kappa shape index (κ1) is 10.5. The summed E-state index contributed by atoms with van der Waals surface area (Å²) in [5, 5.41) is 8.48. The summed E-state index contributed by atoms with van der Waals surface area (Å²) in [7, 11) is -2.42. The van der Waals surface area contributed by atoms with Crippen LogP contribution in [0.5, 0.6) is 0 Å². The van der Waals surface area contributed by atoms with E-state index in [0.29, 0.717) is 4.31 Å². The summed E-state index contributed by atoms with van der Waals surface area (Å²) in [5.41, 5.74) is 0.976. The molecular weight excluding hydrogens is 200 g/mol. The fraction of sp³-hybridized carbons (Fsp3) is 0.222. The first-order valence-corrected chi connectivity index (χ1v) is 5.38. The van der Waals surface area contributed by atoms with Crippen LogP contribution in [-0.2, 0) is 10.0 Å². The lowest BCUT2D eigenvalue weighted by Crippen LogP contribution is -2.21. The quantitative estimate of drug-likeness (QED) is 0.542. The minimum atomic E-state index is -3.63. The molecule has 0 aliphatic heterocycles. The summed E-state index contributed by atoms with van der Waals surface area (Å²) in [6, 6.07) is 6.35. The Morgan fingerprint density at radius 2 is 1.79 bits per heavy atom. The van der Waals surface area contributed by atoms with Crippen LogP contribution in [0.2, 0.25) is 0 Å². The molecule has 0 fully saturated rings. The van der Waals surface area contributed by atoms with Crippen LogP contribution in [-0.4, -0.2) is 19.8 Å². The zero-order valence-electron chi connectivity index (χ0n) is 7.93. The molecule has 0 atom stereocenters. The molecule has 0 unspecified atom stereocenters. The second-order valence-corrected chi connectivity index (χ2v) is 4.85. The molecule has 0 saturated heterocycles. The van der Waals surface area contributed by atoms with Crippen LogP contribution < -0.4 is 0 Å². The van der Waals surface area contributed by atoms with E-state index in [1.165, 1.54) is 19.2 Å². The molecule has 1 aromatic carbocycles. The number of nitriles is 1. The highest BCUT2D eigenvalue weighted by Gasteiger charge is 2.18. The summed E-state index contributed by atoms with van der Waals surface area (Å²) in [5.74, 6) is 0. The van der Waals surface area contributed by atoms with Crippen molar-refractivity contribution >= 4 is 10.0 Å². The predicted molar refractivity (Wildman–Crippen MR) is 51.7 cm³/mol. The first-order valence-electron chi connectivity index (χ1n) is 3.94. The zero-order chi connectivity index (χ0) is 10.8. The van der Waals surface area contributed by atoms with E-state index in [9.17, 15) is 8.42 Å². The molecule has 1 aromatic rings. The number of hydrogen-bond acceptors (Lipinski definition) is 3. The van der Waals surface area contributed by atoms with E-state index in [2.05, 4.69) is 0 Å². The highest BCUT2D eigenvalue weighted by molar-refractivity contribution is 7.89. The number of nitrogens with zero attached hydrogens (tertiary/aromatic N) is 2. The maximum Gasteiger partial charge on any atom is 0.272 e. The van der Waals surface area contributed by atoms with E-state index in [1.807, 2.05) is 6.92 Å². The van der Waals surface area contributed by atoms with Crippen molar-refractivity contribution in [1.82, 2.24) is 4.31 Å². The molecule has 0 aliphatic carbocycles. The summed E-state index contributed by atoms with van der Waals surface area (Å²) in [6.45, 7) is 1.87. The molecule has 14 heavy (non-hydrogen) atoms. The third kappa shape index (κ3) is 1.86. The standard InChI is InChI=1S/C9H10N2O2S/c1-8-3-5-9(6-4-8)14(12,13)11(2)7-10/h3-6H,1-2H3. The molecule has 0 spiro atoms. The minimum absolute atomic E-state index is 0.132. The molecule has 0 N–H and O–H groups in total. The third-order valence-corrected chi connectivity index (χ3v) is 3.49. The summed E-state index contributed by atoms with van der Waals surface area (Å²) in [4.78, 5) is 0.132. The van der Waals surface area contributed by atoms with Crippen molar-refractivity contribution in [1.29, 1.82) is 5.26 Å². The molecule has 4 nitrogen and oxygen atoms in total. The highest BCUT2D eigenvalue weighted by Crippen LogP contribution is 2.13. The second kappa shape index (κ2) is 3.68. The molecule has 74 valence electrons. The summed E-state index contributed by atoms with van der Waals surface area (Å²) < 4.78 is 23.8. The smallest absolute Gasteiger partial charge is 0.205 e. The normalized spacial score (nSPS) is 10.6. The molecular formula is C9H10N2O2S. The number of benzene rings is 1. The van der Waals surface area contributed by atoms with Gasteiger partial charge in [-0.2, -0.15) is 5.26 Å². The van der Waals surface area contributed by atoms with Crippen molar-refractivity contribution in [3.8, 4) is 6.19 Å². The van der Waals surface area contributed by atoms with Gasteiger partial charge in [0.15, 0.2) is 6.19 Å². The Kier molecular flexibility index (Phi) is 2.77. The molecule has 0 aliphatic rings. The molecule has 0 radical (unpaired) electrons. The van der Waals surface area contributed by atoms with Gasteiger partial charge in [0, 0.05) is 7.05 Å². The predicted octanol–water partition coefficient (Wildman–Crippen LogP) is 1.10. The maximum atomic E-state index is 11.6. The fourth-order valence-electron chi connectivity index (χ4n) is 0.922. The Balaban J connectivity index is 3.19. The third-order valence-electron chi connectivity index (χ3n) is 1.82. The average molecular weight is 210 g/mol. The van der Waals surface area contributed by atoms with Gasteiger partial charge in [0.1, 0.15) is 0 Å². The lowest BCUT2D eigenvalue weighted by molar-refractivity contribution is 0.544. The van der Waals surface area contributed by atoms with Crippen LogP contribution in [0.1, 0.15) is 5.56 Å². The van der Waals surface area contributed by atoms with Gasteiger partial charge < -0.3 is 0 Å². The monoisotopic (exact) mass is 210 g/mol. The Bertz CT molecular complexity index is 457. The van der Waals surface area contributed by atoms with E-state index in [-0.39, 0.29) is 4.90 Å². The van der Waals surface area contributed by atoms with Gasteiger partial charge in [-0.1, -0.05) is 17.7 Å². The van der Waals surface area contributed by atoms with Gasteiger partial charge >= 0.3 is 0 Å². The van der Waals surface area contributed by atoms with Gasteiger partial charge in [-0.25, -0.2) is 12.7 Å². The van der Waals surface area contributed by atoms with Crippen LogP contribution >= 0.6 is 0 Å². The van der Waals surface area contributed by atoms with Gasteiger partial charge in [0.2, 0.25) is 0 Å². The van der Waals surface area contributed by atoms with Crippen LogP contribution in [0, 0.1) is 18.4 Å². The molecule has 0 saturated carbocycles. The second-order valence-electron chi connectivity index (χ2n) is 2.89. The van der Waals surface area contributed by atoms with Crippen LogP contribution in [0.15, 0.2) is 29.2 Å². The molecule has 0 bridgehead atoms. The maximum absolute atomic E-state index is 11.6. The van der Waals surface area contributed by atoms with E-state index in [0.717, 1.165) is 5.56 Å². The molecule has 1 rings (SSSR count). The Labute approximate surface area is 83.4 Å². The number of hydrogen-bond donors (Lipinski definition) is 0. The van der Waals surface area contributed by atoms with Crippen molar-refractivity contribution in [3.05, 3.63) is 29.8 Å². The molecule has 0 aromatic heterocycles. The zero-order valence-corrected chi connectivity index (χ0v) is 8.75. The fourth-order valence-corrected chi connectivity index (χ4v) is 1.83. The Morgan fingerprint density at radius 3 is 2.21 bits per heavy atom. The largest absolute Gasteiger partial charge is 0.272 e. The van der Waals surface area contributed by atoms with Gasteiger partial charge in [-0.05, 0) is 19.1 Å². The minimum Gasteiger partial charge on any atom is -0.205 e. The van der Waals surface area contributed by atoms with Crippen molar-refractivity contribution in [3.63, 3.8) is 0 Å². The van der Waals surface area contributed by atoms with E-state index in [4.69, 9.17) is 5.26 Å². The van der Waals surface area contributed by atoms with Gasteiger partial charge in [0.25, 0.3) is 10.0 Å². The van der Waals surface area contributed by atoms with E-state index >= 15 is 0 Å². The summed E-state index contributed by atoms with van der Waals surface area (Å²) >= 11 is 0. The Morgan fingerprint density at radius 1 is 1.29 bits per heavy atom. The Hall–Kier alpha value is -1.54. The van der Waals surface area contributed by atoms with Crippen LogP contribution in [0.3, 0.4) is 0 Å². The number of aryl methyl sites for hydroxylation is 1. The molecule has 5 heteroatoms. The summed E-state index contributed by atoms with van der Waals surface area (Å²) in [6.07, 6.45) is 1.56. The highest BCUT2D eigenvalue weighted by atomic mass is 32.2. The molecule has 0 heterocycles. The van der Waals surface area contributed by atoms with Crippen LogP contribution in [0.4, 0.5) is 0 Å². The van der Waals surface area contributed by atoms with Crippen molar-refractivity contribution in [2.24, 2.45) is 0 Å². The van der Waals surface area contributed by atoms with E-state index in [1.54, 1.807) is 18.3 Å². The van der Waals surface area contributed by atoms with Crippen molar-refractivity contribution in [2.45, 2.75) is 11.8 Å². The first-order chi connectivity index (χ1) is 6.48. The average Bonchev–Trinajstić information content (AvgIpc) is 2.17. The van der Waals surface area contributed by atoms with Gasteiger partial charge in [-0.15, -0.1) is 0 Å². The SMILES string of the molecule is Cc1ccc(S(=O)(=O)N(C)C#N)cc1. The van der Waals surface area contributed by atoms with E-state index < -0.39 is 10.0 Å². The number of sulfonamides is 1. The lowest BCUT2D eigenvalue weighted by Gasteiger charge is -2.09. The van der Waals surface area contributed by atoms with Crippen LogP contribution in [0.25, 0.3) is 0 Å². The van der Waals surface area contributed by atoms with Crippen molar-refractivity contribution in [2.75, 3.05) is 7.05 Å². The lowest BCUT2D eigenvalue weighted by atomic mass is 10.2. The number of rotatable bonds is 2. The van der Waals surface area contributed by atoms with Gasteiger partial charge in [-0.3, -0.25) is 0 Å². The van der Waals surface area contributed by atoms with Gasteiger partial charge in [0.05, 0.1) is 4.90 Å².